The minimum atomic E-state index is -0.596. The molecule has 2 unspecified atom stereocenters. The second-order valence-electron chi connectivity index (χ2n) is 6.17. The number of rotatable bonds is 6. The van der Waals surface area contributed by atoms with Gasteiger partial charge in [-0.1, -0.05) is 37.3 Å². The highest BCUT2D eigenvalue weighted by Crippen LogP contribution is 2.34. The second-order valence-corrected chi connectivity index (χ2v) is 6.17. The largest absolute Gasteiger partial charge is 0.343 e. The molecule has 0 aliphatic carbocycles. The molecule has 3 rings (SSSR count). The fraction of sp³-hybridized carbons (Fsp3) is 0.647. The molecule has 21 heavy (non-hydrogen) atoms. The van der Waals surface area contributed by atoms with E-state index in [1.165, 1.54) is 6.42 Å². The maximum atomic E-state index is 6.25. The van der Waals surface area contributed by atoms with Gasteiger partial charge < -0.3 is 14.8 Å². The molecule has 2 aliphatic rings. The molecule has 116 valence electrons. The van der Waals surface area contributed by atoms with Crippen molar-refractivity contribution in [1.29, 1.82) is 0 Å². The normalized spacial score (nSPS) is 29.8. The Labute approximate surface area is 127 Å². The van der Waals surface area contributed by atoms with Crippen LogP contribution < -0.4 is 5.32 Å². The third kappa shape index (κ3) is 3.29. The fourth-order valence-corrected chi connectivity index (χ4v) is 3.12. The van der Waals surface area contributed by atoms with E-state index >= 15 is 0 Å². The fourth-order valence-electron chi connectivity index (χ4n) is 3.12. The van der Waals surface area contributed by atoms with Gasteiger partial charge in [0.05, 0.1) is 12.7 Å². The summed E-state index contributed by atoms with van der Waals surface area (Å²) in [6.07, 6.45) is 1.34. The lowest BCUT2D eigenvalue weighted by Gasteiger charge is -2.39. The van der Waals surface area contributed by atoms with Gasteiger partial charge in [-0.3, -0.25) is 4.90 Å². The summed E-state index contributed by atoms with van der Waals surface area (Å²) in [6.45, 7) is 9.23. The summed E-state index contributed by atoms with van der Waals surface area (Å²) in [5, 5.41) is 3.35. The molecule has 0 aromatic heterocycles. The lowest BCUT2D eigenvalue weighted by Crippen LogP contribution is -2.58. The van der Waals surface area contributed by atoms with Crippen molar-refractivity contribution in [1.82, 2.24) is 10.2 Å². The molecule has 2 fully saturated rings. The minimum absolute atomic E-state index is 0.155. The van der Waals surface area contributed by atoms with Crippen molar-refractivity contribution in [3.05, 3.63) is 35.9 Å². The third-order valence-corrected chi connectivity index (χ3v) is 4.46. The summed E-state index contributed by atoms with van der Waals surface area (Å²) >= 11 is 0. The average molecular weight is 290 g/mol. The van der Waals surface area contributed by atoms with E-state index in [4.69, 9.17) is 9.47 Å². The van der Waals surface area contributed by atoms with Crippen LogP contribution in [0.3, 0.4) is 0 Å². The van der Waals surface area contributed by atoms with Crippen LogP contribution in [0.4, 0.5) is 0 Å². The Balaban J connectivity index is 1.61. The van der Waals surface area contributed by atoms with Gasteiger partial charge in [0.2, 0.25) is 0 Å². The van der Waals surface area contributed by atoms with Crippen LogP contribution in [-0.4, -0.2) is 49.8 Å². The van der Waals surface area contributed by atoms with Gasteiger partial charge in [-0.2, -0.15) is 0 Å². The molecule has 2 aliphatic heterocycles. The van der Waals surface area contributed by atoms with Crippen molar-refractivity contribution < 1.29 is 9.47 Å². The summed E-state index contributed by atoms with van der Waals surface area (Å²) in [6, 6.07) is 10.9. The van der Waals surface area contributed by atoms with Gasteiger partial charge >= 0.3 is 0 Å². The molecule has 0 saturated carbocycles. The quantitative estimate of drug-likeness (QED) is 0.868. The summed E-state index contributed by atoms with van der Waals surface area (Å²) in [5.74, 6) is -0.596. The van der Waals surface area contributed by atoms with Gasteiger partial charge in [0.15, 0.2) is 5.79 Å². The Morgan fingerprint density at radius 1 is 1.29 bits per heavy atom. The van der Waals surface area contributed by atoms with Crippen molar-refractivity contribution in [2.45, 2.75) is 38.2 Å². The van der Waals surface area contributed by atoms with Gasteiger partial charge in [0.1, 0.15) is 0 Å². The molecule has 2 atom stereocenters. The Morgan fingerprint density at radius 2 is 2.05 bits per heavy atom. The van der Waals surface area contributed by atoms with Crippen molar-refractivity contribution in [2.24, 2.45) is 0 Å². The van der Waals surface area contributed by atoms with E-state index in [0.717, 1.165) is 31.7 Å². The molecular weight excluding hydrogens is 264 g/mol. The van der Waals surface area contributed by atoms with Crippen molar-refractivity contribution in [2.75, 3.05) is 32.8 Å². The topological polar surface area (TPSA) is 33.7 Å². The molecule has 0 spiro atoms. The monoisotopic (exact) mass is 290 g/mol. The zero-order valence-electron chi connectivity index (χ0n) is 13.0. The summed E-state index contributed by atoms with van der Waals surface area (Å²) in [7, 11) is 0. The van der Waals surface area contributed by atoms with Crippen LogP contribution in [0.5, 0.6) is 0 Å². The van der Waals surface area contributed by atoms with Crippen LogP contribution in [0.15, 0.2) is 30.3 Å². The number of nitrogens with one attached hydrogen (secondary N) is 1. The summed E-state index contributed by atoms with van der Waals surface area (Å²) in [4.78, 5) is 2.54. The van der Waals surface area contributed by atoms with Crippen molar-refractivity contribution in [3.8, 4) is 0 Å². The maximum absolute atomic E-state index is 6.25. The van der Waals surface area contributed by atoms with Gasteiger partial charge in [0, 0.05) is 31.2 Å². The Bertz CT molecular complexity index is 449. The van der Waals surface area contributed by atoms with Crippen LogP contribution in [0.2, 0.25) is 0 Å². The molecule has 1 aromatic carbocycles. The second kappa shape index (κ2) is 6.44. The Morgan fingerprint density at radius 3 is 2.67 bits per heavy atom. The highest BCUT2D eigenvalue weighted by atomic mass is 16.7. The minimum Gasteiger partial charge on any atom is -0.343 e. The molecule has 2 heterocycles. The number of benzene rings is 1. The number of hydrogen-bond acceptors (Lipinski definition) is 4. The molecule has 4 heteroatoms. The van der Waals surface area contributed by atoms with Gasteiger partial charge in [-0.15, -0.1) is 0 Å². The first-order chi connectivity index (χ1) is 10.2. The zero-order valence-corrected chi connectivity index (χ0v) is 13.0. The summed E-state index contributed by atoms with van der Waals surface area (Å²) < 4.78 is 12.2. The van der Waals surface area contributed by atoms with Gasteiger partial charge in [-0.05, 0) is 19.9 Å². The van der Waals surface area contributed by atoms with E-state index in [-0.39, 0.29) is 6.10 Å². The molecular formula is C17H26N2O2. The molecule has 0 amide bonds. The standard InChI is InChI=1S/C17H26N2O2/c1-3-9-19(15-10-18-11-15)12-16-13-20-17(2,21-16)14-7-5-4-6-8-14/h4-8,15-16,18H,3,9-13H2,1-2H3. The van der Waals surface area contributed by atoms with E-state index in [9.17, 15) is 0 Å². The SMILES string of the molecule is CCCN(CC1COC(C)(c2ccccc2)O1)C1CNC1. The van der Waals surface area contributed by atoms with Crippen molar-refractivity contribution in [3.63, 3.8) is 0 Å². The molecule has 1 N–H and O–H groups in total. The predicted molar refractivity (Wildman–Crippen MR) is 83.1 cm³/mol. The van der Waals surface area contributed by atoms with E-state index in [1.54, 1.807) is 0 Å². The summed E-state index contributed by atoms with van der Waals surface area (Å²) in [5.41, 5.74) is 1.10. The first-order valence-corrected chi connectivity index (χ1v) is 8.03. The molecule has 4 nitrogen and oxygen atoms in total. The number of ether oxygens (including phenoxy) is 2. The van der Waals surface area contributed by atoms with Crippen LogP contribution in [0, 0.1) is 0 Å². The highest BCUT2D eigenvalue weighted by molar-refractivity contribution is 5.20. The lowest BCUT2D eigenvalue weighted by molar-refractivity contribution is -0.164. The first kappa shape index (κ1) is 15.0. The van der Waals surface area contributed by atoms with E-state index in [0.29, 0.717) is 12.6 Å². The van der Waals surface area contributed by atoms with Crippen LogP contribution >= 0.6 is 0 Å². The smallest absolute Gasteiger partial charge is 0.192 e. The van der Waals surface area contributed by atoms with Gasteiger partial charge in [-0.25, -0.2) is 0 Å². The van der Waals surface area contributed by atoms with E-state index < -0.39 is 5.79 Å². The van der Waals surface area contributed by atoms with E-state index in [1.807, 2.05) is 25.1 Å². The number of hydrogen-bond donors (Lipinski definition) is 1. The Kier molecular flexibility index (Phi) is 4.60. The molecule has 0 radical (unpaired) electrons. The predicted octanol–water partition coefficient (Wildman–Crippen LogP) is 1.96. The van der Waals surface area contributed by atoms with Crippen LogP contribution in [0.1, 0.15) is 25.8 Å². The molecule has 1 aromatic rings. The van der Waals surface area contributed by atoms with E-state index in [2.05, 4.69) is 29.3 Å². The van der Waals surface area contributed by atoms with Gasteiger partial charge in [0.25, 0.3) is 0 Å². The zero-order chi connectivity index (χ0) is 14.7. The maximum Gasteiger partial charge on any atom is 0.192 e. The Hall–Kier alpha value is -0.940. The van der Waals surface area contributed by atoms with Crippen molar-refractivity contribution >= 4 is 0 Å². The highest BCUT2D eigenvalue weighted by Gasteiger charge is 2.40. The first-order valence-electron chi connectivity index (χ1n) is 8.03. The van der Waals surface area contributed by atoms with Crippen LogP contribution in [0.25, 0.3) is 0 Å². The number of nitrogens with zero attached hydrogens (tertiary/aromatic N) is 1. The molecule has 2 saturated heterocycles. The molecule has 0 bridgehead atoms. The third-order valence-electron chi connectivity index (χ3n) is 4.46. The average Bonchev–Trinajstić information content (AvgIpc) is 2.81. The lowest BCUT2D eigenvalue weighted by atomic mass is 10.1. The van der Waals surface area contributed by atoms with Crippen LogP contribution in [-0.2, 0) is 15.3 Å².